The number of anilines is 3. The molecule has 0 fully saturated rings. The summed E-state index contributed by atoms with van der Waals surface area (Å²) in [5, 5.41) is 17.3. The number of halogens is 1. The van der Waals surface area contributed by atoms with E-state index in [4.69, 9.17) is 17.3 Å². The van der Waals surface area contributed by atoms with E-state index in [-0.39, 0.29) is 12.1 Å². The van der Waals surface area contributed by atoms with Crippen molar-refractivity contribution in [3.05, 3.63) is 35.1 Å². The molecule has 0 bridgehead atoms. The van der Waals surface area contributed by atoms with E-state index in [0.29, 0.717) is 41.0 Å². The van der Waals surface area contributed by atoms with Gasteiger partial charge in [0, 0.05) is 18.6 Å². The van der Waals surface area contributed by atoms with Crippen molar-refractivity contribution in [1.29, 1.82) is 0 Å². The van der Waals surface area contributed by atoms with Crippen molar-refractivity contribution in [1.82, 2.24) is 19.5 Å². The lowest BCUT2D eigenvalue weighted by atomic mass is 10.0. The molecule has 30 heavy (non-hydrogen) atoms. The van der Waals surface area contributed by atoms with E-state index in [2.05, 4.69) is 39.4 Å². The number of rotatable bonds is 8. The highest BCUT2D eigenvalue weighted by Crippen LogP contribution is 2.27. The van der Waals surface area contributed by atoms with Crippen LogP contribution in [0.4, 0.5) is 17.5 Å². The molecule has 5 N–H and O–H groups in total. The van der Waals surface area contributed by atoms with Crippen molar-refractivity contribution in [2.24, 2.45) is 0 Å². The van der Waals surface area contributed by atoms with Gasteiger partial charge in [0.15, 0.2) is 17.0 Å². The Morgan fingerprint density at radius 2 is 1.97 bits per heavy atom. The largest absolute Gasteiger partial charge is 0.397 e. The maximum absolute atomic E-state index is 10.1. The monoisotopic (exact) mass is 431 g/mol. The Labute approximate surface area is 181 Å². The Bertz CT molecular complexity index is 1030. The SMILES string of the molecule is CC(CC(C)(C)O)Nc1nc(NCc2cccc(Cl)c2N)c2ncn(C(C)C)c2n1. The third-order valence-corrected chi connectivity index (χ3v) is 5.08. The number of hydrogen-bond donors (Lipinski definition) is 4. The molecule has 0 amide bonds. The first-order chi connectivity index (χ1) is 14.0. The Hall–Kier alpha value is -2.58. The smallest absolute Gasteiger partial charge is 0.226 e. The Kier molecular flexibility index (Phi) is 6.38. The molecule has 1 atom stereocenters. The molecule has 0 spiro atoms. The third kappa shape index (κ3) is 5.12. The summed E-state index contributed by atoms with van der Waals surface area (Å²) in [6.07, 6.45) is 2.33. The summed E-state index contributed by atoms with van der Waals surface area (Å²) in [6, 6.07) is 5.73. The van der Waals surface area contributed by atoms with Crippen LogP contribution in [0.2, 0.25) is 5.02 Å². The molecule has 0 aliphatic rings. The standard InChI is InChI=1S/C21H30ClN7O/c1-12(2)29-11-25-17-18(24-10-14-7-6-8-15(22)16(14)23)27-20(28-19(17)29)26-13(3)9-21(4,5)30/h6-8,11-13,30H,9-10,23H2,1-5H3,(H2,24,26,27,28). The van der Waals surface area contributed by atoms with Crippen LogP contribution in [0.25, 0.3) is 11.2 Å². The predicted molar refractivity (Wildman–Crippen MR) is 123 cm³/mol. The number of aliphatic hydroxyl groups is 1. The minimum atomic E-state index is -0.790. The maximum atomic E-state index is 10.1. The number of nitrogen functional groups attached to an aromatic ring is 1. The molecule has 3 rings (SSSR count). The van der Waals surface area contributed by atoms with Gasteiger partial charge in [-0.3, -0.25) is 0 Å². The number of para-hydroxylation sites is 1. The first-order valence-corrected chi connectivity index (χ1v) is 10.4. The van der Waals surface area contributed by atoms with Gasteiger partial charge in [0.25, 0.3) is 0 Å². The summed E-state index contributed by atoms with van der Waals surface area (Å²) in [6.45, 7) is 10.2. The van der Waals surface area contributed by atoms with Crippen molar-refractivity contribution in [2.45, 2.75) is 65.3 Å². The highest BCUT2D eigenvalue weighted by molar-refractivity contribution is 6.33. The molecular formula is C21H30ClN7O. The van der Waals surface area contributed by atoms with E-state index in [1.165, 1.54) is 0 Å². The number of nitrogens with one attached hydrogen (secondary N) is 2. The number of hydrogen-bond acceptors (Lipinski definition) is 7. The van der Waals surface area contributed by atoms with Crippen molar-refractivity contribution >= 4 is 40.2 Å². The highest BCUT2D eigenvalue weighted by atomic mass is 35.5. The molecule has 0 saturated heterocycles. The molecule has 1 aromatic carbocycles. The lowest BCUT2D eigenvalue weighted by Crippen LogP contribution is -2.29. The van der Waals surface area contributed by atoms with Crippen LogP contribution < -0.4 is 16.4 Å². The summed E-state index contributed by atoms with van der Waals surface area (Å²) in [7, 11) is 0. The minimum Gasteiger partial charge on any atom is -0.397 e. The van der Waals surface area contributed by atoms with E-state index in [0.717, 1.165) is 11.2 Å². The molecule has 0 radical (unpaired) electrons. The van der Waals surface area contributed by atoms with Gasteiger partial charge in [-0.2, -0.15) is 9.97 Å². The molecule has 2 heterocycles. The average molecular weight is 432 g/mol. The second-order valence-electron chi connectivity index (χ2n) is 8.54. The number of imidazole rings is 1. The summed E-state index contributed by atoms with van der Waals surface area (Å²) in [5.74, 6) is 1.08. The topological polar surface area (TPSA) is 114 Å². The van der Waals surface area contributed by atoms with Gasteiger partial charge >= 0.3 is 0 Å². The fourth-order valence-corrected chi connectivity index (χ4v) is 3.61. The summed E-state index contributed by atoms with van der Waals surface area (Å²) in [5.41, 5.74) is 8.15. The van der Waals surface area contributed by atoms with Gasteiger partial charge in [0.1, 0.15) is 0 Å². The number of nitrogens with zero attached hydrogens (tertiary/aromatic N) is 4. The van der Waals surface area contributed by atoms with Crippen LogP contribution in [-0.4, -0.2) is 36.3 Å². The zero-order valence-electron chi connectivity index (χ0n) is 18.1. The van der Waals surface area contributed by atoms with Crippen LogP contribution in [0.15, 0.2) is 24.5 Å². The molecule has 0 aliphatic carbocycles. The first kappa shape index (κ1) is 22.1. The second kappa shape index (κ2) is 8.65. The highest BCUT2D eigenvalue weighted by Gasteiger charge is 2.20. The third-order valence-electron chi connectivity index (χ3n) is 4.75. The lowest BCUT2D eigenvalue weighted by Gasteiger charge is -2.23. The number of benzene rings is 1. The Morgan fingerprint density at radius 3 is 2.63 bits per heavy atom. The van der Waals surface area contributed by atoms with Crippen LogP contribution in [0.3, 0.4) is 0 Å². The maximum Gasteiger partial charge on any atom is 0.226 e. The van der Waals surface area contributed by atoms with Crippen molar-refractivity contribution in [3.63, 3.8) is 0 Å². The van der Waals surface area contributed by atoms with Gasteiger partial charge in [-0.15, -0.1) is 0 Å². The van der Waals surface area contributed by atoms with Gasteiger partial charge in [-0.1, -0.05) is 23.7 Å². The Balaban J connectivity index is 1.94. The molecule has 162 valence electrons. The van der Waals surface area contributed by atoms with Crippen LogP contribution in [-0.2, 0) is 6.54 Å². The van der Waals surface area contributed by atoms with E-state index in [1.54, 1.807) is 26.2 Å². The van der Waals surface area contributed by atoms with Crippen molar-refractivity contribution in [3.8, 4) is 0 Å². The van der Waals surface area contributed by atoms with E-state index in [1.807, 2.05) is 23.6 Å². The molecular weight excluding hydrogens is 402 g/mol. The molecule has 1 unspecified atom stereocenters. The molecule has 9 heteroatoms. The minimum absolute atomic E-state index is 0.0192. The average Bonchev–Trinajstić information content (AvgIpc) is 3.05. The van der Waals surface area contributed by atoms with Gasteiger partial charge in [0.05, 0.1) is 22.6 Å². The number of nitrogens with two attached hydrogens (primary N) is 1. The van der Waals surface area contributed by atoms with Crippen molar-refractivity contribution in [2.75, 3.05) is 16.4 Å². The lowest BCUT2D eigenvalue weighted by molar-refractivity contribution is 0.0672. The normalized spacial score (nSPS) is 13.1. The van der Waals surface area contributed by atoms with E-state index in [9.17, 15) is 5.11 Å². The molecule has 3 aromatic rings. The van der Waals surface area contributed by atoms with Crippen LogP contribution >= 0.6 is 11.6 Å². The number of aromatic nitrogens is 4. The zero-order chi connectivity index (χ0) is 22.1. The van der Waals surface area contributed by atoms with E-state index < -0.39 is 5.60 Å². The molecule has 0 saturated carbocycles. The summed E-state index contributed by atoms with van der Waals surface area (Å²) >= 11 is 6.14. The van der Waals surface area contributed by atoms with Gasteiger partial charge in [-0.25, -0.2) is 4.98 Å². The first-order valence-electron chi connectivity index (χ1n) is 10.1. The fraction of sp³-hybridized carbons (Fsp3) is 0.476. The van der Waals surface area contributed by atoms with Gasteiger partial charge < -0.3 is 26.0 Å². The van der Waals surface area contributed by atoms with E-state index >= 15 is 0 Å². The fourth-order valence-electron chi connectivity index (χ4n) is 3.42. The zero-order valence-corrected chi connectivity index (χ0v) is 18.8. The van der Waals surface area contributed by atoms with Crippen LogP contribution in [0, 0.1) is 0 Å². The van der Waals surface area contributed by atoms with Gasteiger partial charge in [-0.05, 0) is 52.7 Å². The Morgan fingerprint density at radius 1 is 1.23 bits per heavy atom. The quantitative estimate of drug-likeness (QED) is 0.395. The van der Waals surface area contributed by atoms with Gasteiger partial charge in [0.2, 0.25) is 5.95 Å². The van der Waals surface area contributed by atoms with Crippen LogP contribution in [0.5, 0.6) is 0 Å². The number of fused-ring (bicyclic) bond motifs is 1. The van der Waals surface area contributed by atoms with Crippen molar-refractivity contribution < 1.29 is 5.11 Å². The predicted octanol–water partition coefficient (Wildman–Crippen LogP) is 4.22. The molecule has 8 nitrogen and oxygen atoms in total. The summed E-state index contributed by atoms with van der Waals surface area (Å²) in [4.78, 5) is 13.9. The van der Waals surface area contributed by atoms with Crippen LogP contribution in [0.1, 0.15) is 52.6 Å². The molecule has 2 aromatic heterocycles. The summed E-state index contributed by atoms with van der Waals surface area (Å²) < 4.78 is 2.00. The second-order valence-corrected chi connectivity index (χ2v) is 8.95. The molecule has 0 aliphatic heterocycles.